The lowest BCUT2D eigenvalue weighted by atomic mass is 10.0. The zero-order chi connectivity index (χ0) is 6.10. The molecule has 1 atom stereocenters. The summed E-state index contributed by atoms with van der Waals surface area (Å²) < 4.78 is 0. The molecule has 2 aliphatic heterocycles. The summed E-state index contributed by atoms with van der Waals surface area (Å²) in [6.45, 7) is 2.30. The van der Waals surface area contributed by atoms with Crippen molar-refractivity contribution >= 4 is 6.34 Å². The van der Waals surface area contributed by atoms with E-state index in [1.807, 2.05) is 6.34 Å². The van der Waals surface area contributed by atoms with Crippen LogP contribution in [-0.4, -0.2) is 30.4 Å². The molecule has 2 heteroatoms. The average molecular weight is 124 g/mol. The third kappa shape index (κ3) is 0.824. The molecule has 50 valence electrons. The van der Waals surface area contributed by atoms with Gasteiger partial charge in [0.15, 0.2) is 0 Å². The highest BCUT2D eigenvalue weighted by Crippen LogP contribution is 2.18. The lowest BCUT2D eigenvalue weighted by molar-refractivity contribution is 0.274. The zero-order valence-corrected chi connectivity index (χ0v) is 5.58. The smallest absolute Gasteiger partial charge is 0.0853 e. The van der Waals surface area contributed by atoms with Crippen molar-refractivity contribution in [2.24, 2.45) is 4.99 Å². The van der Waals surface area contributed by atoms with Gasteiger partial charge in [0.1, 0.15) is 0 Å². The van der Waals surface area contributed by atoms with Crippen LogP contribution in [0, 0.1) is 0 Å². The van der Waals surface area contributed by atoms with Gasteiger partial charge in [-0.05, 0) is 19.3 Å². The second kappa shape index (κ2) is 2.01. The Kier molecular flexibility index (Phi) is 1.18. The van der Waals surface area contributed by atoms with Gasteiger partial charge < -0.3 is 4.90 Å². The van der Waals surface area contributed by atoms with Gasteiger partial charge in [-0.25, -0.2) is 0 Å². The molecule has 2 heterocycles. The van der Waals surface area contributed by atoms with E-state index in [4.69, 9.17) is 0 Å². The summed E-state index contributed by atoms with van der Waals surface area (Å²) in [4.78, 5) is 6.61. The summed E-state index contributed by atoms with van der Waals surface area (Å²) in [6, 6.07) is 0.777. The fourth-order valence-corrected chi connectivity index (χ4v) is 1.64. The first-order valence-corrected chi connectivity index (χ1v) is 3.72. The SMILES string of the molecule is C1=NCC2CCCCN12. The molecule has 0 aromatic rings. The molecule has 2 rings (SSSR count). The normalized spacial score (nSPS) is 32.9. The topological polar surface area (TPSA) is 15.6 Å². The van der Waals surface area contributed by atoms with E-state index in [1.54, 1.807) is 0 Å². The van der Waals surface area contributed by atoms with Gasteiger partial charge in [0.2, 0.25) is 0 Å². The van der Waals surface area contributed by atoms with Crippen LogP contribution in [0.5, 0.6) is 0 Å². The van der Waals surface area contributed by atoms with Gasteiger partial charge in [-0.15, -0.1) is 0 Å². The molecule has 0 amide bonds. The standard InChI is InChI=1S/C7H12N2/c1-2-4-9-6-8-5-7(9)3-1/h6-7H,1-5H2. The molecular formula is C7H12N2. The van der Waals surface area contributed by atoms with Gasteiger partial charge in [0.05, 0.1) is 12.9 Å². The van der Waals surface area contributed by atoms with Crippen molar-refractivity contribution in [3.8, 4) is 0 Å². The minimum absolute atomic E-state index is 0.777. The first-order valence-electron chi connectivity index (χ1n) is 3.72. The van der Waals surface area contributed by atoms with E-state index in [-0.39, 0.29) is 0 Å². The van der Waals surface area contributed by atoms with Crippen LogP contribution in [0.3, 0.4) is 0 Å². The van der Waals surface area contributed by atoms with Crippen molar-refractivity contribution in [1.82, 2.24) is 4.90 Å². The number of piperidine rings is 1. The predicted molar refractivity (Wildman–Crippen MR) is 37.7 cm³/mol. The summed E-state index contributed by atoms with van der Waals surface area (Å²) in [5, 5.41) is 0. The highest BCUT2D eigenvalue weighted by molar-refractivity contribution is 5.58. The highest BCUT2D eigenvalue weighted by Gasteiger charge is 2.22. The minimum Gasteiger partial charge on any atom is -0.358 e. The maximum absolute atomic E-state index is 4.23. The fraction of sp³-hybridized carbons (Fsp3) is 0.857. The number of fused-ring (bicyclic) bond motifs is 1. The Morgan fingerprint density at radius 2 is 2.44 bits per heavy atom. The molecule has 1 fully saturated rings. The summed E-state index contributed by atoms with van der Waals surface area (Å²) in [6.07, 6.45) is 6.15. The van der Waals surface area contributed by atoms with Gasteiger partial charge in [-0.3, -0.25) is 4.99 Å². The summed E-state index contributed by atoms with van der Waals surface area (Å²) in [5.41, 5.74) is 0. The highest BCUT2D eigenvalue weighted by atomic mass is 15.2. The summed E-state index contributed by atoms with van der Waals surface area (Å²) in [7, 11) is 0. The van der Waals surface area contributed by atoms with Crippen molar-refractivity contribution in [1.29, 1.82) is 0 Å². The quantitative estimate of drug-likeness (QED) is 0.468. The molecule has 9 heavy (non-hydrogen) atoms. The first-order chi connectivity index (χ1) is 4.47. The van der Waals surface area contributed by atoms with Gasteiger partial charge in [-0.2, -0.15) is 0 Å². The van der Waals surface area contributed by atoms with Crippen molar-refractivity contribution in [3.63, 3.8) is 0 Å². The molecule has 0 spiro atoms. The van der Waals surface area contributed by atoms with Crippen LogP contribution in [0.25, 0.3) is 0 Å². The molecule has 1 saturated heterocycles. The number of aliphatic imine (C=N–C) groups is 1. The third-order valence-corrected chi connectivity index (χ3v) is 2.22. The molecule has 1 unspecified atom stereocenters. The predicted octanol–water partition coefficient (Wildman–Crippen LogP) is 0.883. The van der Waals surface area contributed by atoms with E-state index < -0.39 is 0 Å². The van der Waals surface area contributed by atoms with E-state index in [1.165, 1.54) is 25.8 Å². The summed E-state index contributed by atoms with van der Waals surface area (Å²) in [5.74, 6) is 0. The fourth-order valence-electron chi connectivity index (χ4n) is 1.64. The monoisotopic (exact) mass is 124 g/mol. The van der Waals surface area contributed by atoms with Gasteiger partial charge >= 0.3 is 0 Å². The van der Waals surface area contributed by atoms with Crippen LogP contribution in [0.1, 0.15) is 19.3 Å². The van der Waals surface area contributed by atoms with Crippen molar-refractivity contribution in [2.75, 3.05) is 13.1 Å². The number of nitrogens with zero attached hydrogens (tertiary/aromatic N) is 2. The minimum atomic E-state index is 0.777. The van der Waals surface area contributed by atoms with Gasteiger partial charge in [0.25, 0.3) is 0 Å². The van der Waals surface area contributed by atoms with E-state index >= 15 is 0 Å². The lowest BCUT2D eigenvalue weighted by Crippen LogP contribution is -2.35. The molecular weight excluding hydrogens is 112 g/mol. The zero-order valence-electron chi connectivity index (χ0n) is 5.58. The van der Waals surface area contributed by atoms with Crippen molar-refractivity contribution in [3.05, 3.63) is 0 Å². The van der Waals surface area contributed by atoms with Gasteiger partial charge in [-0.1, -0.05) is 0 Å². The molecule has 0 aliphatic carbocycles. The maximum atomic E-state index is 4.23. The van der Waals surface area contributed by atoms with Crippen LogP contribution >= 0.6 is 0 Å². The number of hydrogen-bond donors (Lipinski definition) is 0. The Hall–Kier alpha value is -0.530. The molecule has 0 saturated carbocycles. The van der Waals surface area contributed by atoms with E-state index in [9.17, 15) is 0 Å². The molecule has 2 aliphatic rings. The summed E-state index contributed by atoms with van der Waals surface area (Å²) >= 11 is 0. The lowest BCUT2D eigenvalue weighted by Gasteiger charge is -2.28. The second-order valence-electron chi connectivity index (χ2n) is 2.87. The molecule has 0 radical (unpaired) electrons. The molecule has 0 bridgehead atoms. The molecule has 0 aromatic heterocycles. The van der Waals surface area contributed by atoms with E-state index in [0.29, 0.717) is 0 Å². The molecule has 0 N–H and O–H groups in total. The van der Waals surface area contributed by atoms with Crippen molar-refractivity contribution in [2.45, 2.75) is 25.3 Å². The first kappa shape index (κ1) is 5.27. The Morgan fingerprint density at radius 3 is 3.33 bits per heavy atom. The van der Waals surface area contributed by atoms with Crippen LogP contribution in [-0.2, 0) is 0 Å². The Labute approximate surface area is 55.6 Å². The Bertz CT molecular complexity index is 131. The largest absolute Gasteiger partial charge is 0.358 e. The third-order valence-electron chi connectivity index (χ3n) is 2.22. The van der Waals surface area contributed by atoms with Gasteiger partial charge in [0, 0.05) is 12.6 Å². The maximum Gasteiger partial charge on any atom is 0.0853 e. The van der Waals surface area contributed by atoms with Crippen LogP contribution in [0.2, 0.25) is 0 Å². The van der Waals surface area contributed by atoms with Crippen molar-refractivity contribution < 1.29 is 0 Å². The van der Waals surface area contributed by atoms with Crippen LogP contribution in [0.4, 0.5) is 0 Å². The average Bonchev–Trinajstić information content (AvgIpc) is 2.33. The van der Waals surface area contributed by atoms with E-state index in [2.05, 4.69) is 9.89 Å². The Balaban J connectivity index is 2.03. The number of hydrogen-bond acceptors (Lipinski definition) is 2. The van der Waals surface area contributed by atoms with Crippen LogP contribution in [0.15, 0.2) is 4.99 Å². The second-order valence-corrected chi connectivity index (χ2v) is 2.87. The van der Waals surface area contributed by atoms with Crippen LogP contribution < -0.4 is 0 Å². The molecule has 2 nitrogen and oxygen atoms in total. The van der Waals surface area contributed by atoms with E-state index in [0.717, 1.165) is 12.6 Å². The Morgan fingerprint density at radius 1 is 1.44 bits per heavy atom. The number of rotatable bonds is 0. The molecule has 0 aromatic carbocycles.